The van der Waals surface area contributed by atoms with Crippen LogP contribution in [0.1, 0.15) is 41.0 Å². The van der Waals surface area contributed by atoms with E-state index in [4.69, 9.17) is 11.6 Å². The van der Waals surface area contributed by atoms with Crippen molar-refractivity contribution in [2.45, 2.75) is 38.1 Å². The fourth-order valence-electron chi connectivity index (χ4n) is 3.62. The molecule has 0 unspecified atom stereocenters. The Bertz CT molecular complexity index is 832. The highest BCUT2D eigenvalue weighted by molar-refractivity contribution is 6.30. The second-order valence-corrected chi connectivity index (χ2v) is 7.03. The summed E-state index contributed by atoms with van der Waals surface area (Å²) in [5.41, 5.74) is 3.33. The summed E-state index contributed by atoms with van der Waals surface area (Å²) in [5, 5.41) is 10.7. The van der Waals surface area contributed by atoms with Gasteiger partial charge in [-0.25, -0.2) is 0 Å². The lowest BCUT2D eigenvalue weighted by Gasteiger charge is -2.17. The Labute approximate surface area is 150 Å². The minimum atomic E-state index is -0.227. The van der Waals surface area contributed by atoms with Gasteiger partial charge < -0.3 is 10.2 Å². The number of rotatable bonds is 3. The minimum absolute atomic E-state index is 0.0170. The van der Waals surface area contributed by atoms with Gasteiger partial charge in [-0.15, -0.1) is 0 Å². The van der Waals surface area contributed by atoms with E-state index in [9.17, 15) is 9.59 Å². The van der Waals surface area contributed by atoms with Gasteiger partial charge in [0, 0.05) is 34.9 Å². The molecule has 25 heavy (non-hydrogen) atoms. The van der Waals surface area contributed by atoms with E-state index in [1.807, 2.05) is 12.1 Å². The van der Waals surface area contributed by atoms with Crippen LogP contribution in [0.4, 0.5) is 5.69 Å². The van der Waals surface area contributed by atoms with Crippen LogP contribution in [0.3, 0.4) is 0 Å². The average Bonchev–Trinajstić information content (AvgIpc) is 3.18. The standard InChI is InChI=1S/C18H19ClN4O2/c19-11-4-3-5-13(8-11)23-10-12(9-16(23)24)20-18(25)17-14-6-1-2-7-15(14)21-22-17/h3-5,8,12H,1-2,6-7,9-10H2,(H,20,25)(H,21,22)/t12-/m0/s1. The summed E-state index contributed by atoms with van der Waals surface area (Å²) in [6, 6.07) is 6.96. The molecule has 2 N–H and O–H groups in total. The van der Waals surface area contributed by atoms with Gasteiger partial charge in [0.1, 0.15) is 0 Å². The fraction of sp³-hybridized carbons (Fsp3) is 0.389. The van der Waals surface area contributed by atoms with Crippen molar-refractivity contribution in [1.29, 1.82) is 0 Å². The first-order valence-corrected chi connectivity index (χ1v) is 8.92. The maximum Gasteiger partial charge on any atom is 0.272 e. The van der Waals surface area contributed by atoms with Crippen molar-refractivity contribution in [3.8, 4) is 0 Å². The van der Waals surface area contributed by atoms with Gasteiger partial charge in [0.15, 0.2) is 5.69 Å². The molecule has 4 rings (SSSR count). The molecule has 1 atom stereocenters. The number of aromatic amines is 1. The number of aromatic nitrogens is 2. The summed E-state index contributed by atoms with van der Waals surface area (Å²) >= 11 is 6.01. The van der Waals surface area contributed by atoms with E-state index in [1.165, 1.54) is 0 Å². The fourth-order valence-corrected chi connectivity index (χ4v) is 3.80. The molecular weight excluding hydrogens is 340 g/mol. The van der Waals surface area contributed by atoms with E-state index in [0.717, 1.165) is 42.6 Å². The zero-order valence-electron chi connectivity index (χ0n) is 13.7. The largest absolute Gasteiger partial charge is 0.346 e. The number of hydrogen-bond donors (Lipinski definition) is 2. The SMILES string of the molecule is O=C(N[C@H]1CC(=O)N(c2cccc(Cl)c2)C1)c1n[nH]c2c1CCCC2. The summed E-state index contributed by atoms with van der Waals surface area (Å²) < 4.78 is 0. The third-order valence-electron chi connectivity index (χ3n) is 4.85. The van der Waals surface area contributed by atoms with Crippen molar-refractivity contribution < 1.29 is 9.59 Å². The Morgan fingerprint density at radius 3 is 3.00 bits per heavy atom. The van der Waals surface area contributed by atoms with Crippen LogP contribution in [0.25, 0.3) is 0 Å². The first-order chi connectivity index (χ1) is 12.1. The predicted octanol–water partition coefficient (Wildman–Crippen LogP) is 2.48. The molecular formula is C18H19ClN4O2. The van der Waals surface area contributed by atoms with Crippen LogP contribution in [0.15, 0.2) is 24.3 Å². The number of amides is 2. The number of nitrogens with one attached hydrogen (secondary N) is 2. The van der Waals surface area contributed by atoms with Gasteiger partial charge in [0.2, 0.25) is 5.91 Å². The van der Waals surface area contributed by atoms with Crippen molar-refractivity contribution in [1.82, 2.24) is 15.5 Å². The second-order valence-electron chi connectivity index (χ2n) is 6.60. The quantitative estimate of drug-likeness (QED) is 0.884. The minimum Gasteiger partial charge on any atom is -0.346 e. The molecule has 2 aliphatic rings. The number of halogens is 1. The topological polar surface area (TPSA) is 78.1 Å². The normalized spacial score (nSPS) is 19.8. The van der Waals surface area contributed by atoms with E-state index in [0.29, 0.717) is 17.3 Å². The molecule has 1 saturated heterocycles. The number of anilines is 1. The molecule has 2 amide bonds. The molecule has 6 nitrogen and oxygen atoms in total. The number of hydrogen-bond acceptors (Lipinski definition) is 3. The van der Waals surface area contributed by atoms with Crippen LogP contribution in [0.2, 0.25) is 5.02 Å². The lowest BCUT2D eigenvalue weighted by atomic mass is 9.95. The van der Waals surface area contributed by atoms with Crippen molar-refractivity contribution >= 4 is 29.1 Å². The third-order valence-corrected chi connectivity index (χ3v) is 5.09. The molecule has 0 spiro atoms. The summed E-state index contributed by atoms with van der Waals surface area (Å²) in [4.78, 5) is 26.6. The first kappa shape index (κ1) is 16.1. The molecule has 1 aromatic heterocycles. The van der Waals surface area contributed by atoms with Crippen LogP contribution in [-0.2, 0) is 17.6 Å². The summed E-state index contributed by atoms with van der Waals surface area (Å²) in [6.45, 7) is 0.442. The van der Waals surface area contributed by atoms with Gasteiger partial charge in [-0.05, 0) is 43.9 Å². The first-order valence-electron chi connectivity index (χ1n) is 8.55. The van der Waals surface area contributed by atoms with Gasteiger partial charge in [-0.3, -0.25) is 14.7 Å². The van der Waals surface area contributed by atoms with Crippen molar-refractivity contribution in [3.63, 3.8) is 0 Å². The molecule has 0 radical (unpaired) electrons. The second kappa shape index (κ2) is 6.52. The molecule has 1 fully saturated rings. The summed E-state index contributed by atoms with van der Waals surface area (Å²) in [6.07, 6.45) is 4.32. The van der Waals surface area contributed by atoms with Crippen molar-refractivity contribution in [2.75, 3.05) is 11.4 Å². The smallest absolute Gasteiger partial charge is 0.272 e. The lowest BCUT2D eigenvalue weighted by molar-refractivity contribution is -0.117. The Morgan fingerprint density at radius 1 is 1.32 bits per heavy atom. The van der Waals surface area contributed by atoms with Crippen LogP contribution >= 0.6 is 11.6 Å². The van der Waals surface area contributed by atoms with Crippen LogP contribution < -0.4 is 10.2 Å². The number of fused-ring (bicyclic) bond motifs is 1. The van der Waals surface area contributed by atoms with Gasteiger partial charge in [-0.1, -0.05) is 17.7 Å². The molecule has 0 bridgehead atoms. The van der Waals surface area contributed by atoms with E-state index in [1.54, 1.807) is 17.0 Å². The summed E-state index contributed by atoms with van der Waals surface area (Å²) in [7, 11) is 0. The molecule has 0 saturated carbocycles. The lowest BCUT2D eigenvalue weighted by Crippen LogP contribution is -2.37. The number of carbonyl (C=O) groups excluding carboxylic acids is 2. The van der Waals surface area contributed by atoms with Crippen molar-refractivity contribution in [2.24, 2.45) is 0 Å². The van der Waals surface area contributed by atoms with Crippen molar-refractivity contribution in [3.05, 3.63) is 46.2 Å². The van der Waals surface area contributed by atoms with E-state index in [2.05, 4.69) is 15.5 Å². The Morgan fingerprint density at radius 2 is 2.16 bits per heavy atom. The molecule has 1 aliphatic heterocycles. The average molecular weight is 359 g/mol. The Balaban J connectivity index is 1.46. The zero-order chi connectivity index (χ0) is 17.4. The maximum atomic E-state index is 12.6. The number of carbonyl (C=O) groups is 2. The highest BCUT2D eigenvalue weighted by Crippen LogP contribution is 2.25. The van der Waals surface area contributed by atoms with Crippen LogP contribution in [0.5, 0.6) is 0 Å². The molecule has 1 aliphatic carbocycles. The molecule has 7 heteroatoms. The van der Waals surface area contributed by atoms with E-state index < -0.39 is 0 Å². The Hall–Kier alpha value is -2.34. The molecule has 2 heterocycles. The van der Waals surface area contributed by atoms with Gasteiger partial charge in [-0.2, -0.15) is 5.10 Å². The maximum absolute atomic E-state index is 12.6. The van der Waals surface area contributed by atoms with Crippen LogP contribution in [0, 0.1) is 0 Å². The highest BCUT2D eigenvalue weighted by Gasteiger charge is 2.33. The van der Waals surface area contributed by atoms with Gasteiger partial charge in [0.05, 0.1) is 6.04 Å². The Kier molecular flexibility index (Phi) is 4.21. The monoisotopic (exact) mass is 358 g/mol. The molecule has 130 valence electrons. The number of nitrogens with zero attached hydrogens (tertiary/aromatic N) is 2. The number of H-pyrrole nitrogens is 1. The van der Waals surface area contributed by atoms with Crippen LogP contribution in [-0.4, -0.2) is 34.6 Å². The number of aryl methyl sites for hydroxylation is 1. The zero-order valence-corrected chi connectivity index (χ0v) is 14.5. The van der Waals surface area contributed by atoms with Gasteiger partial charge in [0.25, 0.3) is 5.91 Å². The number of benzene rings is 1. The third kappa shape index (κ3) is 3.14. The van der Waals surface area contributed by atoms with E-state index in [-0.39, 0.29) is 24.3 Å². The summed E-state index contributed by atoms with van der Waals surface area (Å²) in [5.74, 6) is -0.221. The van der Waals surface area contributed by atoms with Gasteiger partial charge >= 0.3 is 0 Å². The highest BCUT2D eigenvalue weighted by atomic mass is 35.5. The van der Waals surface area contributed by atoms with E-state index >= 15 is 0 Å². The predicted molar refractivity (Wildman–Crippen MR) is 94.9 cm³/mol. The molecule has 1 aromatic carbocycles. The molecule has 2 aromatic rings.